The molecule has 8 rings (SSSR count). The number of ether oxygens (including phenoxy) is 3. The van der Waals surface area contributed by atoms with Gasteiger partial charge in [-0.25, -0.2) is 4.21 Å². The number of methoxy groups -OCH3 is 1. The van der Waals surface area contributed by atoms with Gasteiger partial charge in [0, 0.05) is 69.8 Å². The summed E-state index contributed by atoms with van der Waals surface area (Å²) in [6.07, 6.45) is 11.9. The highest BCUT2D eigenvalue weighted by Gasteiger charge is 2.44. The Labute approximate surface area is 332 Å². The number of nitrogens with zero attached hydrogens (tertiary/aromatic N) is 4. The van der Waals surface area contributed by atoms with Gasteiger partial charge in [-0.3, -0.25) is 19.2 Å². The van der Waals surface area contributed by atoms with Gasteiger partial charge in [-0.1, -0.05) is 42.8 Å². The van der Waals surface area contributed by atoms with Crippen molar-refractivity contribution < 1.29 is 28.0 Å². The van der Waals surface area contributed by atoms with Crippen molar-refractivity contribution in [1.29, 1.82) is 0 Å². The molecular formula is C44H57N5O6S. The number of carbonyl (C=O) groups excluding carboxylic acids is 2. The van der Waals surface area contributed by atoms with Gasteiger partial charge in [-0.05, 0) is 98.6 Å². The Hall–Kier alpha value is -3.97. The van der Waals surface area contributed by atoms with Crippen LogP contribution in [0.5, 0.6) is 5.75 Å². The van der Waals surface area contributed by atoms with Crippen molar-refractivity contribution in [2.45, 2.75) is 70.4 Å². The van der Waals surface area contributed by atoms with Crippen LogP contribution in [0.1, 0.15) is 82.1 Å². The second-order valence-corrected chi connectivity index (χ2v) is 19.0. The van der Waals surface area contributed by atoms with Crippen molar-refractivity contribution in [2.24, 2.45) is 29.2 Å². The third kappa shape index (κ3) is 8.08. The summed E-state index contributed by atoms with van der Waals surface area (Å²) in [6, 6.07) is 14.1. The summed E-state index contributed by atoms with van der Waals surface area (Å²) < 4.78 is 42.2. The van der Waals surface area contributed by atoms with Crippen molar-refractivity contribution >= 4 is 27.4 Å². The van der Waals surface area contributed by atoms with E-state index in [1.165, 1.54) is 16.7 Å². The van der Waals surface area contributed by atoms with Crippen LogP contribution in [-0.4, -0.2) is 90.5 Å². The van der Waals surface area contributed by atoms with Crippen LogP contribution >= 0.6 is 0 Å². The fraction of sp³-hybridized carbons (Fsp3) is 0.545. The zero-order valence-electron chi connectivity index (χ0n) is 33.3. The highest BCUT2D eigenvalue weighted by molar-refractivity contribution is 7.92. The highest BCUT2D eigenvalue weighted by atomic mass is 32.2. The molecular weight excluding hydrogens is 727 g/mol. The molecule has 1 saturated carbocycles. The molecule has 2 bridgehead atoms. The van der Waals surface area contributed by atoms with E-state index in [1.807, 2.05) is 36.7 Å². The Morgan fingerprint density at radius 3 is 2.75 bits per heavy atom. The number of amides is 2. The van der Waals surface area contributed by atoms with Gasteiger partial charge in [-0.15, -0.1) is 4.36 Å². The van der Waals surface area contributed by atoms with Crippen LogP contribution in [0.25, 0.3) is 0 Å². The molecule has 3 aliphatic heterocycles. The maximum absolute atomic E-state index is 14.8. The number of hydrogen-bond donors (Lipinski definition) is 1. The number of aromatic nitrogens is 1. The summed E-state index contributed by atoms with van der Waals surface area (Å²) >= 11 is 0. The van der Waals surface area contributed by atoms with Crippen LogP contribution in [-0.2, 0) is 44.8 Å². The molecule has 4 heterocycles. The van der Waals surface area contributed by atoms with Crippen molar-refractivity contribution in [1.82, 2.24) is 14.2 Å². The van der Waals surface area contributed by atoms with Gasteiger partial charge >= 0.3 is 0 Å². The lowest BCUT2D eigenvalue weighted by Gasteiger charge is -2.46. The van der Waals surface area contributed by atoms with Gasteiger partial charge in [0.15, 0.2) is 0 Å². The number of hydrogen-bond acceptors (Lipinski definition) is 8. The normalized spacial score (nSPS) is 30.2. The Kier molecular flexibility index (Phi) is 11.2. The van der Waals surface area contributed by atoms with E-state index in [0.29, 0.717) is 55.7 Å². The first kappa shape index (κ1) is 38.9. The molecule has 11 nitrogen and oxygen atoms in total. The molecule has 0 unspecified atom stereocenters. The van der Waals surface area contributed by atoms with Crippen LogP contribution in [0, 0.1) is 24.7 Å². The fourth-order valence-corrected chi connectivity index (χ4v) is 11.5. The molecule has 12 heteroatoms. The topological polar surface area (TPSA) is 115 Å². The van der Waals surface area contributed by atoms with E-state index in [2.05, 4.69) is 56.2 Å². The van der Waals surface area contributed by atoms with E-state index in [-0.39, 0.29) is 23.2 Å². The minimum atomic E-state index is -3.54. The van der Waals surface area contributed by atoms with Gasteiger partial charge < -0.3 is 23.7 Å². The van der Waals surface area contributed by atoms with Gasteiger partial charge in [0.2, 0.25) is 0 Å². The second-order valence-electron chi connectivity index (χ2n) is 17.0. The standard InChI is InChI=1S/C44H57N5O6S/c1-30-10-14-38-32(21-30)8-6-16-44(38)28-49-25-34-11-13-37(34)40(53-4)9-5-7-31(2)27-56(52,45-42(50)33-12-15-41(55-29-44)39(49)23-33)46-43(51)35-22-36(47(3)24-35)26-48-17-19-54-20-18-48/h5,9-10,12,14-15,21-24,31,34,37,40H,6-8,11,13,16-20,25-29H2,1-4H3,(H,45,46,50,51,52)/b9-5+/t31-,34-,37+,40-,44-,56-/m0/s1. The molecule has 56 heavy (non-hydrogen) atoms. The molecule has 1 spiro atoms. The third-order valence-electron chi connectivity index (χ3n) is 12.8. The summed E-state index contributed by atoms with van der Waals surface area (Å²) in [5.74, 6) is 0.242. The Balaban J connectivity index is 1.14. The van der Waals surface area contributed by atoms with Gasteiger partial charge in [0.05, 0.1) is 42.9 Å². The number of allylic oxidation sites excluding steroid dienone is 1. The molecule has 5 aliphatic rings. The molecule has 1 N–H and O–H groups in total. The minimum absolute atomic E-state index is 0.0214. The molecule has 3 aromatic rings. The summed E-state index contributed by atoms with van der Waals surface area (Å²) in [6.45, 7) is 9.93. The van der Waals surface area contributed by atoms with Gasteiger partial charge in [-0.2, -0.15) is 0 Å². The van der Waals surface area contributed by atoms with Crippen LogP contribution < -0.4 is 14.4 Å². The molecule has 2 amide bonds. The summed E-state index contributed by atoms with van der Waals surface area (Å²) in [7, 11) is 0.146. The Morgan fingerprint density at radius 1 is 1.12 bits per heavy atom. The van der Waals surface area contributed by atoms with Crippen molar-refractivity contribution in [3.05, 3.63) is 94.3 Å². The van der Waals surface area contributed by atoms with Crippen molar-refractivity contribution in [2.75, 3.05) is 63.8 Å². The maximum atomic E-state index is 14.8. The lowest BCUT2D eigenvalue weighted by molar-refractivity contribution is 0.0131. The SMILES string of the molecule is CO[C@H]1/C=C/C[C@H](C)C[S@@](=O)(NC(=O)c2cc(CN3CCOCC3)n(C)c2)=NC(=O)c2ccc3c(c2)N(C[C@@H]2CC[C@H]21)C[C@@]1(CCCc2cc(C)ccc21)CO3. The van der Waals surface area contributed by atoms with Crippen LogP contribution in [0.2, 0.25) is 0 Å². The number of aryl methyl sites for hydroxylation is 3. The molecule has 1 saturated heterocycles. The molecule has 1 aromatic heterocycles. The number of rotatable bonds is 5. The second kappa shape index (κ2) is 16.1. The molecule has 300 valence electrons. The highest BCUT2D eigenvalue weighted by Crippen LogP contribution is 2.47. The number of anilines is 1. The molecule has 2 aromatic carbocycles. The van der Waals surface area contributed by atoms with E-state index in [4.69, 9.17) is 14.2 Å². The van der Waals surface area contributed by atoms with E-state index < -0.39 is 21.7 Å². The summed E-state index contributed by atoms with van der Waals surface area (Å²) in [5.41, 5.74) is 6.34. The molecule has 0 radical (unpaired) electrons. The number of nitrogens with one attached hydrogen (secondary N) is 1. The number of fused-ring (bicyclic) bond motifs is 4. The van der Waals surface area contributed by atoms with Crippen LogP contribution in [0.3, 0.4) is 0 Å². The number of morpholine rings is 1. The fourth-order valence-electron chi connectivity index (χ4n) is 9.61. The Morgan fingerprint density at radius 2 is 1.96 bits per heavy atom. The predicted molar refractivity (Wildman–Crippen MR) is 219 cm³/mol. The quantitative estimate of drug-likeness (QED) is 0.303. The van der Waals surface area contributed by atoms with Crippen molar-refractivity contribution in [3.8, 4) is 5.75 Å². The first-order valence-electron chi connectivity index (χ1n) is 20.4. The van der Waals surface area contributed by atoms with Crippen molar-refractivity contribution in [3.63, 3.8) is 0 Å². The summed E-state index contributed by atoms with van der Waals surface area (Å²) in [4.78, 5) is 32.8. The lowest BCUT2D eigenvalue weighted by atomic mass is 9.68. The smallest absolute Gasteiger partial charge is 0.286 e. The molecule has 2 aliphatic carbocycles. The third-order valence-corrected chi connectivity index (χ3v) is 14.8. The first-order chi connectivity index (χ1) is 27.0. The number of benzene rings is 2. The largest absolute Gasteiger partial charge is 0.490 e. The zero-order valence-corrected chi connectivity index (χ0v) is 34.2. The van der Waals surface area contributed by atoms with E-state index in [0.717, 1.165) is 75.4 Å². The average Bonchev–Trinajstić information content (AvgIpc) is 3.46. The summed E-state index contributed by atoms with van der Waals surface area (Å²) in [5, 5.41) is 0. The minimum Gasteiger partial charge on any atom is -0.490 e. The van der Waals surface area contributed by atoms with E-state index in [1.54, 1.807) is 19.4 Å². The predicted octanol–water partition coefficient (Wildman–Crippen LogP) is 6.23. The van der Waals surface area contributed by atoms with Gasteiger partial charge in [0.25, 0.3) is 11.8 Å². The zero-order chi connectivity index (χ0) is 39.0. The average molecular weight is 784 g/mol. The molecule has 2 fully saturated rings. The molecule has 6 atom stereocenters. The monoisotopic (exact) mass is 783 g/mol. The van der Waals surface area contributed by atoms with E-state index >= 15 is 0 Å². The van der Waals surface area contributed by atoms with Crippen LogP contribution in [0.15, 0.2) is 65.2 Å². The number of carbonyl (C=O) groups is 2. The Bertz CT molecular complexity index is 2120. The maximum Gasteiger partial charge on any atom is 0.286 e. The first-order valence-corrected chi connectivity index (χ1v) is 22.1. The van der Waals surface area contributed by atoms with Gasteiger partial charge in [0.1, 0.15) is 15.7 Å². The van der Waals surface area contributed by atoms with E-state index in [9.17, 15) is 13.8 Å². The van der Waals surface area contributed by atoms with Crippen LogP contribution in [0.4, 0.5) is 5.69 Å². The lowest BCUT2D eigenvalue weighted by Crippen LogP contribution is -2.49.